The van der Waals surface area contributed by atoms with E-state index >= 15 is 0 Å². The molecule has 0 fully saturated rings. The average Bonchev–Trinajstić information content (AvgIpc) is 2.64. The normalized spacial score (nSPS) is 16.7. The van der Waals surface area contributed by atoms with Gasteiger partial charge in [0.25, 0.3) is 0 Å². The molecular weight excluding hydrogens is 170 g/mol. The summed E-state index contributed by atoms with van der Waals surface area (Å²) in [5.41, 5.74) is 1.66. The van der Waals surface area contributed by atoms with Gasteiger partial charge in [-0.25, -0.2) is 15.0 Å². The van der Waals surface area contributed by atoms with Crippen molar-refractivity contribution < 1.29 is 0 Å². The molecule has 0 aromatic carbocycles. The van der Waals surface area contributed by atoms with E-state index in [1.807, 2.05) is 6.07 Å². The second kappa shape index (κ2) is 2.17. The third-order valence-corrected chi connectivity index (χ3v) is 2.81. The lowest BCUT2D eigenvalue weighted by molar-refractivity contribution is 1.04. The number of hydrogen-bond donors (Lipinski definition) is 0. The number of hydrogen-bond acceptors (Lipinski definition) is 4. The second-order valence-corrected chi connectivity index (χ2v) is 3.62. The predicted octanol–water partition coefficient (Wildman–Crippen LogP) is 0.261. The van der Waals surface area contributed by atoms with Crippen LogP contribution in [0.1, 0.15) is 0 Å². The lowest BCUT2D eigenvalue weighted by Crippen LogP contribution is -2.13. The average molecular weight is 175 g/mol. The van der Waals surface area contributed by atoms with Crippen LogP contribution >= 0.6 is 11.8 Å². The van der Waals surface area contributed by atoms with Crippen molar-refractivity contribution in [3.8, 4) is 0 Å². The van der Waals surface area contributed by atoms with E-state index in [0.29, 0.717) is 0 Å². The molecule has 0 saturated carbocycles. The SMILES string of the molecule is C1=Nc2cc3c(nc2=N1)SCC=3. The van der Waals surface area contributed by atoms with Crippen molar-refractivity contribution in [1.82, 2.24) is 4.98 Å². The molecule has 3 heterocycles. The number of nitrogens with zero attached hydrogens (tertiary/aromatic N) is 3. The van der Waals surface area contributed by atoms with Crippen LogP contribution in [-0.4, -0.2) is 17.1 Å². The Labute approximate surface area is 73.0 Å². The fraction of sp³-hybridized carbons (Fsp3) is 0.125. The summed E-state index contributed by atoms with van der Waals surface area (Å²) in [5, 5.41) is 2.29. The van der Waals surface area contributed by atoms with Crippen LogP contribution in [0.15, 0.2) is 21.1 Å². The molecular formula is C8H5N3S. The highest BCUT2D eigenvalue weighted by atomic mass is 32.2. The van der Waals surface area contributed by atoms with Crippen molar-refractivity contribution >= 4 is 29.9 Å². The minimum atomic E-state index is 0.761. The molecule has 0 spiro atoms. The maximum Gasteiger partial charge on any atom is 0.180 e. The predicted molar refractivity (Wildman–Crippen MR) is 48.4 cm³/mol. The molecule has 12 heavy (non-hydrogen) atoms. The van der Waals surface area contributed by atoms with Gasteiger partial charge < -0.3 is 0 Å². The van der Waals surface area contributed by atoms with E-state index < -0.39 is 0 Å². The van der Waals surface area contributed by atoms with Crippen LogP contribution in [0.4, 0.5) is 5.69 Å². The minimum absolute atomic E-state index is 0.761. The summed E-state index contributed by atoms with van der Waals surface area (Å²) in [6.07, 6.45) is 3.72. The summed E-state index contributed by atoms with van der Waals surface area (Å²) in [6, 6.07) is 2.05. The Kier molecular flexibility index (Phi) is 1.15. The third-order valence-electron chi connectivity index (χ3n) is 1.88. The van der Waals surface area contributed by atoms with Gasteiger partial charge in [-0.3, -0.25) is 0 Å². The van der Waals surface area contributed by atoms with E-state index in [1.165, 1.54) is 5.22 Å². The van der Waals surface area contributed by atoms with E-state index in [1.54, 1.807) is 18.1 Å². The quantitative estimate of drug-likeness (QED) is 0.567. The molecule has 2 aliphatic heterocycles. The summed E-state index contributed by atoms with van der Waals surface area (Å²) in [6.45, 7) is 0. The van der Waals surface area contributed by atoms with Gasteiger partial charge >= 0.3 is 0 Å². The van der Waals surface area contributed by atoms with Crippen LogP contribution < -0.4 is 10.7 Å². The maximum absolute atomic E-state index is 4.37. The van der Waals surface area contributed by atoms with Crippen molar-refractivity contribution in [2.75, 3.05) is 5.75 Å². The standard InChI is InChI=1S/C8H5N3S/c1-2-12-8-5(1)3-6-7(11-8)10-4-9-6/h1,3-4H,2H2. The molecule has 0 atom stereocenters. The highest BCUT2D eigenvalue weighted by Crippen LogP contribution is 2.16. The van der Waals surface area contributed by atoms with Gasteiger partial charge in [0.05, 0.1) is 0 Å². The zero-order chi connectivity index (χ0) is 7.97. The van der Waals surface area contributed by atoms with E-state index in [-0.39, 0.29) is 0 Å². The van der Waals surface area contributed by atoms with Crippen LogP contribution in [0, 0.1) is 0 Å². The molecule has 58 valence electrons. The van der Waals surface area contributed by atoms with Crippen molar-refractivity contribution in [3.63, 3.8) is 0 Å². The highest BCUT2D eigenvalue weighted by Gasteiger charge is 2.09. The maximum atomic E-state index is 4.37. The van der Waals surface area contributed by atoms with Crippen molar-refractivity contribution in [2.45, 2.75) is 5.03 Å². The Morgan fingerprint density at radius 3 is 3.42 bits per heavy atom. The van der Waals surface area contributed by atoms with E-state index in [2.05, 4.69) is 21.0 Å². The Morgan fingerprint density at radius 1 is 1.42 bits per heavy atom. The number of thioether (sulfide) groups is 1. The first kappa shape index (κ1) is 6.37. The molecule has 3 nitrogen and oxygen atoms in total. The number of fused-ring (bicyclic) bond motifs is 2. The summed E-state index contributed by atoms with van der Waals surface area (Å²) in [4.78, 5) is 12.5. The summed E-state index contributed by atoms with van der Waals surface area (Å²) >= 11 is 1.75. The summed E-state index contributed by atoms with van der Waals surface area (Å²) in [7, 11) is 0. The topological polar surface area (TPSA) is 37.6 Å². The molecule has 0 N–H and O–H groups in total. The second-order valence-electron chi connectivity index (χ2n) is 2.61. The Hall–Kier alpha value is -1.16. The lowest BCUT2D eigenvalue weighted by atomic mass is 10.3. The fourth-order valence-corrected chi connectivity index (χ4v) is 2.18. The molecule has 2 aliphatic rings. The number of pyridine rings is 1. The smallest absolute Gasteiger partial charge is 0.180 e. The zero-order valence-corrected chi connectivity index (χ0v) is 7.01. The molecule has 0 bridgehead atoms. The third kappa shape index (κ3) is 0.754. The van der Waals surface area contributed by atoms with Gasteiger partial charge in [0.15, 0.2) is 5.49 Å². The van der Waals surface area contributed by atoms with Crippen LogP contribution in [-0.2, 0) is 0 Å². The van der Waals surface area contributed by atoms with Crippen molar-refractivity contribution in [2.24, 2.45) is 9.98 Å². The molecule has 4 heteroatoms. The number of rotatable bonds is 0. The first-order valence-electron chi connectivity index (χ1n) is 3.68. The van der Waals surface area contributed by atoms with E-state index in [4.69, 9.17) is 0 Å². The van der Waals surface area contributed by atoms with Gasteiger partial charge in [0.1, 0.15) is 17.1 Å². The minimum Gasteiger partial charge on any atom is -0.233 e. The molecule has 0 amide bonds. The van der Waals surface area contributed by atoms with Gasteiger partial charge in [-0.1, -0.05) is 6.08 Å². The first-order valence-corrected chi connectivity index (χ1v) is 4.66. The van der Waals surface area contributed by atoms with Crippen LogP contribution in [0.5, 0.6) is 0 Å². The largest absolute Gasteiger partial charge is 0.233 e. The molecule has 0 aliphatic carbocycles. The van der Waals surface area contributed by atoms with Crippen LogP contribution in [0.2, 0.25) is 0 Å². The van der Waals surface area contributed by atoms with Crippen LogP contribution in [0.25, 0.3) is 6.08 Å². The summed E-state index contributed by atoms with van der Waals surface area (Å²) < 4.78 is 0. The first-order chi connectivity index (χ1) is 5.93. The van der Waals surface area contributed by atoms with Crippen LogP contribution in [0.3, 0.4) is 0 Å². The number of aliphatic imine (C=N–C) groups is 1. The zero-order valence-electron chi connectivity index (χ0n) is 6.19. The molecule has 1 aromatic rings. The van der Waals surface area contributed by atoms with Gasteiger partial charge in [0, 0.05) is 11.0 Å². The van der Waals surface area contributed by atoms with Gasteiger partial charge in [0.2, 0.25) is 0 Å². The molecule has 0 unspecified atom stereocenters. The Balaban J connectivity index is 2.45. The monoisotopic (exact) mass is 175 g/mol. The van der Waals surface area contributed by atoms with Gasteiger partial charge in [-0.15, -0.1) is 11.8 Å². The van der Waals surface area contributed by atoms with Crippen molar-refractivity contribution in [1.29, 1.82) is 0 Å². The highest BCUT2D eigenvalue weighted by molar-refractivity contribution is 7.99. The number of aromatic nitrogens is 1. The summed E-state index contributed by atoms with van der Waals surface area (Å²) in [5.74, 6) is 1.02. The Morgan fingerprint density at radius 2 is 2.42 bits per heavy atom. The van der Waals surface area contributed by atoms with E-state index in [0.717, 1.165) is 22.0 Å². The molecule has 0 saturated heterocycles. The Bertz CT molecular complexity index is 490. The van der Waals surface area contributed by atoms with Gasteiger partial charge in [-0.2, -0.15) is 0 Å². The van der Waals surface area contributed by atoms with Crippen molar-refractivity contribution in [3.05, 3.63) is 16.8 Å². The lowest BCUT2D eigenvalue weighted by Gasteiger charge is -1.92. The van der Waals surface area contributed by atoms with E-state index in [9.17, 15) is 0 Å². The van der Waals surface area contributed by atoms with Gasteiger partial charge in [-0.05, 0) is 6.07 Å². The molecule has 3 rings (SSSR count). The molecule has 0 radical (unpaired) electrons. The fourth-order valence-electron chi connectivity index (χ4n) is 1.30. The molecule has 1 aromatic heterocycles.